The highest BCUT2D eigenvalue weighted by Gasteiger charge is 2.33. The molecule has 1 fully saturated rings. The molecular formula is C19H34N4O3S2. The lowest BCUT2D eigenvalue weighted by molar-refractivity contribution is 0.138. The van der Waals surface area contributed by atoms with E-state index in [9.17, 15) is 8.42 Å². The van der Waals surface area contributed by atoms with Gasteiger partial charge in [0.1, 0.15) is 0 Å². The van der Waals surface area contributed by atoms with Crippen LogP contribution in [0, 0.1) is 19.3 Å². The highest BCUT2D eigenvalue weighted by Crippen LogP contribution is 2.40. The molecule has 1 heterocycles. The Labute approximate surface area is 173 Å². The van der Waals surface area contributed by atoms with Crippen LogP contribution in [0.5, 0.6) is 0 Å². The van der Waals surface area contributed by atoms with Crippen molar-refractivity contribution < 1.29 is 13.2 Å². The van der Waals surface area contributed by atoms with Crippen molar-refractivity contribution >= 4 is 27.3 Å². The number of nitrogens with one attached hydrogen (secondary N) is 3. The molecule has 7 nitrogen and oxygen atoms in total. The molecule has 9 heteroatoms. The second kappa shape index (κ2) is 10.6. The predicted molar refractivity (Wildman–Crippen MR) is 116 cm³/mol. The maximum atomic E-state index is 12.4. The first-order chi connectivity index (χ1) is 13.3. The molecule has 160 valence electrons. The Hall–Kier alpha value is -1.16. The summed E-state index contributed by atoms with van der Waals surface area (Å²) in [6.07, 6.45) is 5.99. The third-order valence-electron chi connectivity index (χ3n) is 5.35. The average molecular weight is 431 g/mol. The van der Waals surface area contributed by atoms with E-state index < -0.39 is 10.0 Å². The summed E-state index contributed by atoms with van der Waals surface area (Å²) in [5.41, 5.74) is 0.267. The van der Waals surface area contributed by atoms with Gasteiger partial charge < -0.3 is 15.4 Å². The minimum Gasteiger partial charge on any atom is -0.385 e. The Bertz CT molecular complexity index is 753. The Morgan fingerprint density at radius 1 is 1.25 bits per heavy atom. The molecule has 0 bridgehead atoms. The van der Waals surface area contributed by atoms with Gasteiger partial charge in [-0.05, 0) is 44.6 Å². The number of sulfonamides is 1. The highest BCUT2D eigenvalue weighted by molar-refractivity contribution is 7.89. The summed E-state index contributed by atoms with van der Waals surface area (Å²) in [5, 5.41) is 6.60. The van der Waals surface area contributed by atoms with E-state index in [4.69, 9.17) is 4.74 Å². The van der Waals surface area contributed by atoms with Crippen molar-refractivity contribution in [1.29, 1.82) is 0 Å². The number of ether oxygens (including phenoxy) is 1. The zero-order chi connectivity index (χ0) is 20.6. The minimum absolute atomic E-state index is 0.267. The van der Waals surface area contributed by atoms with Gasteiger partial charge in [0, 0.05) is 50.2 Å². The lowest BCUT2D eigenvalue weighted by Crippen LogP contribution is -2.45. The molecule has 28 heavy (non-hydrogen) atoms. The molecule has 0 spiro atoms. The van der Waals surface area contributed by atoms with Crippen molar-refractivity contribution in [3.8, 4) is 0 Å². The van der Waals surface area contributed by atoms with Crippen LogP contribution in [0.1, 0.15) is 41.9 Å². The molecule has 1 saturated carbocycles. The first kappa shape index (κ1) is 23.1. The smallest absolute Gasteiger partial charge is 0.241 e. The summed E-state index contributed by atoms with van der Waals surface area (Å²) in [5.74, 6) is 0.699. The summed E-state index contributed by atoms with van der Waals surface area (Å²) in [4.78, 5) is 6.44. The molecule has 3 N–H and O–H groups in total. The van der Waals surface area contributed by atoms with E-state index in [0.29, 0.717) is 23.9 Å². The molecule has 2 rings (SSSR count). The second-order valence-corrected chi connectivity index (χ2v) is 10.7. The van der Waals surface area contributed by atoms with E-state index in [1.165, 1.54) is 37.0 Å². The van der Waals surface area contributed by atoms with Crippen LogP contribution in [0.3, 0.4) is 0 Å². The molecule has 1 aromatic rings. The molecule has 0 unspecified atom stereocenters. The summed E-state index contributed by atoms with van der Waals surface area (Å²) in [6.45, 7) is 6.14. The van der Waals surface area contributed by atoms with E-state index in [1.807, 2.05) is 13.8 Å². The number of rotatable bonds is 10. The fraction of sp³-hybridized carbons (Fsp3) is 0.737. The summed E-state index contributed by atoms with van der Waals surface area (Å²) >= 11 is 1.49. The quantitative estimate of drug-likeness (QED) is 0.301. The van der Waals surface area contributed by atoms with Crippen molar-refractivity contribution in [2.45, 2.75) is 50.8 Å². The summed E-state index contributed by atoms with van der Waals surface area (Å²) < 4.78 is 32.8. The normalized spacial score (nSPS) is 17.1. The molecule has 0 amide bonds. The van der Waals surface area contributed by atoms with Gasteiger partial charge in [0.25, 0.3) is 0 Å². The number of aryl methyl sites for hydroxylation is 2. The van der Waals surface area contributed by atoms with Crippen LogP contribution in [0.15, 0.2) is 16.0 Å². The Balaban J connectivity index is 1.78. The van der Waals surface area contributed by atoms with Gasteiger partial charge in [0.15, 0.2) is 5.96 Å². The molecule has 0 radical (unpaired) electrons. The van der Waals surface area contributed by atoms with Crippen LogP contribution in [0.2, 0.25) is 0 Å². The standard InChI is InChI=1S/C19H34N4O3S2/c1-15-13-17(16(2)27-15)28(24,25)23-11-10-21-18(20-3)22-14-19(9-12-26-4)7-5-6-8-19/h13,23H,5-12,14H2,1-4H3,(H2,20,21,22). The molecule has 1 aromatic heterocycles. The molecule has 0 aromatic carbocycles. The molecular weight excluding hydrogens is 396 g/mol. The van der Waals surface area contributed by atoms with Gasteiger partial charge in [0.05, 0.1) is 4.90 Å². The maximum absolute atomic E-state index is 12.4. The van der Waals surface area contributed by atoms with Gasteiger partial charge in [-0.25, -0.2) is 13.1 Å². The number of hydrogen-bond acceptors (Lipinski definition) is 5. The first-order valence-corrected chi connectivity index (χ1v) is 12.1. The third kappa shape index (κ3) is 6.43. The number of methoxy groups -OCH3 is 1. The maximum Gasteiger partial charge on any atom is 0.241 e. The number of nitrogens with zero attached hydrogens (tertiary/aromatic N) is 1. The van der Waals surface area contributed by atoms with Crippen molar-refractivity contribution in [2.75, 3.05) is 40.4 Å². The number of hydrogen-bond donors (Lipinski definition) is 3. The summed E-state index contributed by atoms with van der Waals surface area (Å²) in [7, 11) is 0.00220. The Morgan fingerprint density at radius 3 is 2.54 bits per heavy atom. The van der Waals surface area contributed by atoms with Crippen LogP contribution in [0.25, 0.3) is 0 Å². The molecule has 1 aliphatic rings. The van der Waals surface area contributed by atoms with Crippen LogP contribution < -0.4 is 15.4 Å². The fourth-order valence-corrected chi connectivity index (χ4v) is 6.35. The van der Waals surface area contributed by atoms with Crippen molar-refractivity contribution in [1.82, 2.24) is 15.4 Å². The average Bonchev–Trinajstić information content (AvgIpc) is 3.26. The van der Waals surface area contributed by atoms with Gasteiger partial charge in [0.2, 0.25) is 10.0 Å². The fourth-order valence-electron chi connectivity index (χ4n) is 3.77. The third-order valence-corrected chi connectivity index (χ3v) is 8.03. The topological polar surface area (TPSA) is 91.8 Å². The SMILES string of the molecule is CN=C(NCCNS(=O)(=O)c1cc(C)sc1C)NCC1(CCOC)CCCC1. The van der Waals surface area contributed by atoms with Gasteiger partial charge in [-0.2, -0.15) is 0 Å². The van der Waals surface area contributed by atoms with Gasteiger partial charge in [-0.1, -0.05) is 12.8 Å². The summed E-state index contributed by atoms with van der Waals surface area (Å²) in [6, 6.07) is 1.72. The van der Waals surface area contributed by atoms with E-state index in [0.717, 1.165) is 29.3 Å². The van der Waals surface area contributed by atoms with Gasteiger partial charge in [-0.15, -0.1) is 11.3 Å². The molecule has 1 aliphatic carbocycles. The lowest BCUT2D eigenvalue weighted by atomic mass is 9.83. The first-order valence-electron chi connectivity index (χ1n) is 9.82. The van der Waals surface area contributed by atoms with Gasteiger partial charge >= 0.3 is 0 Å². The van der Waals surface area contributed by atoms with Gasteiger partial charge in [-0.3, -0.25) is 4.99 Å². The van der Waals surface area contributed by atoms with E-state index >= 15 is 0 Å². The van der Waals surface area contributed by atoms with Crippen molar-refractivity contribution in [3.05, 3.63) is 15.8 Å². The van der Waals surface area contributed by atoms with E-state index in [2.05, 4.69) is 20.3 Å². The van der Waals surface area contributed by atoms with E-state index in [-0.39, 0.29) is 5.41 Å². The van der Waals surface area contributed by atoms with Crippen molar-refractivity contribution in [3.63, 3.8) is 0 Å². The highest BCUT2D eigenvalue weighted by atomic mass is 32.2. The zero-order valence-corrected chi connectivity index (χ0v) is 19.1. The minimum atomic E-state index is -3.47. The number of aliphatic imine (C=N–C) groups is 1. The largest absolute Gasteiger partial charge is 0.385 e. The predicted octanol–water partition coefficient (Wildman–Crippen LogP) is 2.41. The molecule has 0 aliphatic heterocycles. The van der Waals surface area contributed by atoms with Crippen LogP contribution in [0.4, 0.5) is 0 Å². The molecule has 0 atom stereocenters. The number of guanidine groups is 1. The zero-order valence-electron chi connectivity index (χ0n) is 17.4. The number of thiophene rings is 1. The Morgan fingerprint density at radius 2 is 1.96 bits per heavy atom. The van der Waals surface area contributed by atoms with Crippen LogP contribution in [-0.2, 0) is 14.8 Å². The Kier molecular flexibility index (Phi) is 8.73. The van der Waals surface area contributed by atoms with E-state index in [1.54, 1.807) is 20.2 Å². The lowest BCUT2D eigenvalue weighted by Gasteiger charge is -2.30. The second-order valence-electron chi connectivity index (χ2n) is 7.48. The molecule has 0 saturated heterocycles. The van der Waals surface area contributed by atoms with Crippen molar-refractivity contribution in [2.24, 2.45) is 10.4 Å². The van der Waals surface area contributed by atoms with Crippen LogP contribution in [-0.4, -0.2) is 54.8 Å². The monoisotopic (exact) mass is 430 g/mol. The van der Waals surface area contributed by atoms with Crippen LogP contribution >= 0.6 is 11.3 Å².